The van der Waals surface area contributed by atoms with E-state index in [0.29, 0.717) is 17.8 Å². The average Bonchev–Trinajstić information content (AvgIpc) is 3.22. The second-order valence-corrected chi connectivity index (χ2v) is 7.57. The van der Waals surface area contributed by atoms with Crippen LogP contribution in [0, 0.1) is 17.8 Å². The van der Waals surface area contributed by atoms with Crippen LogP contribution in [-0.4, -0.2) is 39.6 Å². The molecule has 0 aromatic carbocycles. The first kappa shape index (κ1) is 17.1. The lowest BCUT2D eigenvalue weighted by Gasteiger charge is -2.19. The zero-order chi connectivity index (χ0) is 18.9. The fourth-order valence-electron chi connectivity index (χ4n) is 4.11. The van der Waals surface area contributed by atoms with Gasteiger partial charge in [0.2, 0.25) is 5.95 Å². The molecule has 2 aliphatic rings. The molecule has 1 aliphatic carbocycles. The lowest BCUT2D eigenvalue weighted by Crippen LogP contribution is -2.27. The fourth-order valence-corrected chi connectivity index (χ4v) is 4.11. The molecule has 1 aliphatic heterocycles. The normalized spacial score (nSPS) is 22.8. The summed E-state index contributed by atoms with van der Waals surface area (Å²) in [4.78, 5) is 19.9. The number of aromatic nitrogens is 4. The summed E-state index contributed by atoms with van der Waals surface area (Å²) in [5, 5.41) is 0. The minimum Gasteiger partial charge on any atom is -0.492 e. The molecule has 3 aromatic rings. The summed E-state index contributed by atoms with van der Waals surface area (Å²) in [6, 6.07) is 7.91. The molecule has 0 N–H and O–H groups in total. The van der Waals surface area contributed by atoms with E-state index in [4.69, 9.17) is 4.74 Å². The highest BCUT2D eigenvalue weighted by Crippen LogP contribution is 2.52. The van der Waals surface area contributed by atoms with Crippen molar-refractivity contribution in [3.63, 3.8) is 0 Å². The Bertz CT molecular complexity index is 917. The molecular formula is C22H23N5O. The van der Waals surface area contributed by atoms with Crippen molar-refractivity contribution >= 4 is 5.95 Å². The van der Waals surface area contributed by atoms with Gasteiger partial charge in [0.1, 0.15) is 5.75 Å². The smallest absolute Gasteiger partial charge is 0.225 e. The Morgan fingerprint density at radius 2 is 1.71 bits per heavy atom. The molecular weight excluding hydrogens is 350 g/mol. The van der Waals surface area contributed by atoms with Gasteiger partial charge in [-0.25, -0.2) is 9.97 Å². The van der Waals surface area contributed by atoms with Crippen molar-refractivity contribution in [2.24, 2.45) is 17.8 Å². The molecule has 0 amide bonds. The van der Waals surface area contributed by atoms with Crippen LogP contribution in [-0.2, 0) is 6.42 Å². The fraction of sp³-hybridized carbons (Fsp3) is 0.364. The Kier molecular flexibility index (Phi) is 4.39. The summed E-state index contributed by atoms with van der Waals surface area (Å²) < 4.78 is 6.00. The Hall–Kier alpha value is -3.02. The van der Waals surface area contributed by atoms with Crippen LogP contribution in [0.5, 0.6) is 5.75 Å². The highest BCUT2D eigenvalue weighted by molar-refractivity contribution is 5.58. The highest BCUT2D eigenvalue weighted by Gasteiger charge is 2.56. The van der Waals surface area contributed by atoms with Crippen molar-refractivity contribution in [1.82, 2.24) is 19.9 Å². The maximum Gasteiger partial charge on any atom is 0.225 e. The van der Waals surface area contributed by atoms with Crippen LogP contribution < -0.4 is 9.64 Å². The van der Waals surface area contributed by atoms with Crippen molar-refractivity contribution in [2.75, 3.05) is 24.6 Å². The van der Waals surface area contributed by atoms with Gasteiger partial charge in [0.25, 0.3) is 0 Å². The van der Waals surface area contributed by atoms with Crippen LogP contribution in [0.25, 0.3) is 11.3 Å². The summed E-state index contributed by atoms with van der Waals surface area (Å²) in [7, 11) is 0. The first-order valence-corrected chi connectivity index (χ1v) is 9.87. The van der Waals surface area contributed by atoms with Crippen LogP contribution >= 0.6 is 0 Å². The van der Waals surface area contributed by atoms with Crippen LogP contribution in [0.2, 0.25) is 0 Å². The zero-order valence-electron chi connectivity index (χ0n) is 15.9. The Labute approximate surface area is 164 Å². The topological polar surface area (TPSA) is 64.0 Å². The molecule has 6 heteroatoms. The molecule has 1 saturated carbocycles. The van der Waals surface area contributed by atoms with E-state index in [1.165, 1.54) is 5.56 Å². The van der Waals surface area contributed by atoms with Crippen molar-refractivity contribution in [3.8, 4) is 17.0 Å². The number of ether oxygens (including phenoxy) is 1. The molecule has 0 bridgehead atoms. The second kappa shape index (κ2) is 7.19. The summed E-state index contributed by atoms with van der Waals surface area (Å²) in [5.74, 6) is 3.71. The zero-order valence-corrected chi connectivity index (χ0v) is 15.9. The molecule has 0 spiro atoms. The molecule has 28 heavy (non-hydrogen) atoms. The predicted octanol–water partition coefficient (Wildman–Crippen LogP) is 3.26. The number of rotatable bonds is 6. The molecule has 1 unspecified atom stereocenters. The number of anilines is 1. The number of nitrogens with zero attached hydrogens (tertiary/aromatic N) is 5. The Morgan fingerprint density at radius 1 is 0.964 bits per heavy atom. The van der Waals surface area contributed by atoms with E-state index < -0.39 is 0 Å². The van der Waals surface area contributed by atoms with Gasteiger partial charge in [0.15, 0.2) is 0 Å². The molecule has 142 valence electrons. The third-order valence-corrected chi connectivity index (χ3v) is 5.91. The second-order valence-electron chi connectivity index (χ2n) is 7.57. The van der Waals surface area contributed by atoms with E-state index >= 15 is 0 Å². The van der Waals surface area contributed by atoms with Crippen LogP contribution in [0.4, 0.5) is 5.95 Å². The predicted molar refractivity (Wildman–Crippen MR) is 107 cm³/mol. The SMILES string of the molecule is CCc1cnc(N2C[C@@H]3C(COc4ccc(-c5ccncc5)nc4)[C@@H]3C2)nc1. The van der Waals surface area contributed by atoms with Crippen LogP contribution in [0.15, 0.2) is 55.2 Å². The van der Waals surface area contributed by atoms with Crippen LogP contribution in [0.3, 0.4) is 0 Å². The monoisotopic (exact) mass is 373 g/mol. The van der Waals surface area contributed by atoms with Gasteiger partial charge in [-0.2, -0.15) is 0 Å². The van der Waals surface area contributed by atoms with Gasteiger partial charge in [0.05, 0.1) is 18.5 Å². The van der Waals surface area contributed by atoms with Crippen molar-refractivity contribution in [2.45, 2.75) is 13.3 Å². The number of piperidine rings is 1. The van der Waals surface area contributed by atoms with Crippen molar-refractivity contribution in [1.29, 1.82) is 0 Å². The average molecular weight is 373 g/mol. The molecule has 2 fully saturated rings. The minimum atomic E-state index is 0.631. The van der Waals surface area contributed by atoms with E-state index in [9.17, 15) is 0 Å². The molecule has 3 atom stereocenters. The van der Waals surface area contributed by atoms with E-state index in [0.717, 1.165) is 49.1 Å². The van der Waals surface area contributed by atoms with Gasteiger partial charge < -0.3 is 9.64 Å². The number of aryl methyl sites for hydroxylation is 1. The lowest BCUT2D eigenvalue weighted by molar-refractivity contribution is 0.282. The van der Waals surface area contributed by atoms with Gasteiger partial charge in [-0.3, -0.25) is 9.97 Å². The Balaban J connectivity index is 1.13. The molecule has 3 aromatic heterocycles. The molecule has 5 rings (SSSR count). The third-order valence-electron chi connectivity index (χ3n) is 5.91. The summed E-state index contributed by atoms with van der Waals surface area (Å²) in [6.07, 6.45) is 10.2. The minimum absolute atomic E-state index is 0.631. The molecule has 4 heterocycles. The van der Waals surface area contributed by atoms with E-state index in [-0.39, 0.29) is 0 Å². The summed E-state index contributed by atoms with van der Waals surface area (Å²) >= 11 is 0. The van der Waals surface area contributed by atoms with Crippen molar-refractivity contribution in [3.05, 3.63) is 60.8 Å². The third kappa shape index (κ3) is 3.30. The van der Waals surface area contributed by atoms with Gasteiger partial charge in [0, 0.05) is 49.4 Å². The van der Waals surface area contributed by atoms with E-state index in [1.807, 2.05) is 42.9 Å². The number of pyridine rings is 2. The Morgan fingerprint density at radius 3 is 2.36 bits per heavy atom. The largest absolute Gasteiger partial charge is 0.492 e. The van der Waals surface area contributed by atoms with E-state index in [2.05, 4.69) is 31.8 Å². The number of hydrogen-bond acceptors (Lipinski definition) is 6. The maximum absolute atomic E-state index is 6.00. The number of hydrogen-bond donors (Lipinski definition) is 0. The summed E-state index contributed by atoms with van der Waals surface area (Å²) in [6.45, 7) is 4.94. The molecule has 6 nitrogen and oxygen atoms in total. The van der Waals surface area contributed by atoms with Gasteiger partial charge in [-0.15, -0.1) is 0 Å². The van der Waals surface area contributed by atoms with E-state index in [1.54, 1.807) is 12.4 Å². The first-order chi connectivity index (χ1) is 13.8. The van der Waals surface area contributed by atoms with Crippen molar-refractivity contribution < 1.29 is 4.74 Å². The van der Waals surface area contributed by atoms with Gasteiger partial charge in [-0.05, 0) is 48.1 Å². The quantitative estimate of drug-likeness (QED) is 0.661. The van der Waals surface area contributed by atoms with Gasteiger partial charge in [-0.1, -0.05) is 6.92 Å². The highest BCUT2D eigenvalue weighted by atomic mass is 16.5. The van der Waals surface area contributed by atoms with Crippen LogP contribution in [0.1, 0.15) is 12.5 Å². The number of fused-ring (bicyclic) bond motifs is 1. The maximum atomic E-state index is 6.00. The standard InChI is InChI=1S/C22H23N5O/c1-2-15-9-25-22(26-10-15)27-12-18-19(13-27)20(18)14-28-17-3-4-21(24-11-17)16-5-7-23-8-6-16/h3-11,18-20H,2,12-14H2,1H3/t18-,19+,20?. The summed E-state index contributed by atoms with van der Waals surface area (Å²) in [5.41, 5.74) is 3.18. The first-order valence-electron chi connectivity index (χ1n) is 9.87. The van der Waals surface area contributed by atoms with Gasteiger partial charge >= 0.3 is 0 Å². The molecule has 0 radical (unpaired) electrons. The lowest BCUT2D eigenvalue weighted by atomic mass is 10.2. The molecule has 1 saturated heterocycles.